The first-order chi connectivity index (χ1) is 9.04. The van der Waals surface area contributed by atoms with Crippen molar-refractivity contribution < 1.29 is 14.7 Å². The van der Waals surface area contributed by atoms with Crippen molar-refractivity contribution in [2.45, 2.75) is 25.7 Å². The van der Waals surface area contributed by atoms with Crippen LogP contribution in [0.3, 0.4) is 0 Å². The molecule has 100 valence electrons. The van der Waals surface area contributed by atoms with Crippen LogP contribution in [-0.2, 0) is 4.79 Å². The Bertz CT molecular complexity index is 520. The number of carboxylic acids is 1. The number of halogens is 1. The molecule has 4 nitrogen and oxygen atoms in total. The van der Waals surface area contributed by atoms with Gasteiger partial charge in [0.15, 0.2) is 0 Å². The predicted molar refractivity (Wildman–Crippen MR) is 77.0 cm³/mol. The summed E-state index contributed by atoms with van der Waals surface area (Å²) in [5.41, 5.74) is 0.590. The molecule has 0 saturated heterocycles. The summed E-state index contributed by atoms with van der Waals surface area (Å²) in [5.74, 6) is 1.33. The third kappa shape index (κ3) is 5.14. The molecular formula is C14H14BrNO3. The summed E-state index contributed by atoms with van der Waals surface area (Å²) in [6, 6.07) is 4.67. The van der Waals surface area contributed by atoms with Crippen LogP contribution in [0.15, 0.2) is 22.7 Å². The maximum absolute atomic E-state index is 11.6. The van der Waals surface area contributed by atoms with Crippen LogP contribution in [0.5, 0.6) is 0 Å². The molecule has 0 heterocycles. The van der Waals surface area contributed by atoms with Gasteiger partial charge in [-0.1, -0.05) is 0 Å². The SMILES string of the molecule is C#CCCCCC(=O)Nc1ccc(Br)c(C(=O)O)c1. The molecule has 1 aromatic rings. The molecule has 19 heavy (non-hydrogen) atoms. The van der Waals surface area contributed by atoms with Crippen molar-refractivity contribution in [2.24, 2.45) is 0 Å². The minimum Gasteiger partial charge on any atom is -0.478 e. The topological polar surface area (TPSA) is 66.4 Å². The Hall–Kier alpha value is -1.80. The molecule has 1 rings (SSSR count). The number of unbranched alkanes of at least 4 members (excludes halogenated alkanes) is 2. The van der Waals surface area contributed by atoms with E-state index in [4.69, 9.17) is 11.5 Å². The van der Waals surface area contributed by atoms with Gasteiger partial charge in [0.25, 0.3) is 0 Å². The quantitative estimate of drug-likeness (QED) is 0.623. The first-order valence-corrected chi connectivity index (χ1v) is 6.60. The van der Waals surface area contributed by atoms with Crippen LogP contribution in [0.4, 0.5) is 5.69 Å². The zero-order valence-electron chi connectivity index (χ0n) is 10.3. The smallest absolute Gasteiger partial charge is 0.336 e. The van der Waals surface area contributed by atoms with Gasteiger partial charge in [0.2, 0.25) is 5.91 Å². The molecule has 0 fully saturated rings. The van der Waals surface area contributed by atoms with Gasteiger partial charge in [0.1, 0.15) is 0 Å². The van der Waals surface area contributed by atoms with E-state index < -0.39 is 5.97 Å². The second-order valence-electron chi connectivity index (χ2n) is 3.96. The number of amides is 1. The highest BCUT2D eigenvalue weighted by Crippen LogP contribution is 2.21. The summed E-state index contributed by atoms with van der Waals surface area (Å²) in [5, 5.41) is 11.6. The molecule has 0 bridgehead atoms. The zero-order valence-corrected chi connectivity index (χ0v) is 11.9. The normalized spacial score (nSPS) is 9.68. The maximum atomic E-state index is 11.6. The Balaban J connectivity index is 2.58. The largest absolute Gasteiger partial charge is 0.478 e. The van der Waals surface area contributed by atoms with Crippen LogP contribution in [0, 0.1) is 12.3 Å². The number of hydrogen-bond donors (Lipinski definition) is 2. The third-order valence-electron chi connectivity index (χ3n) is 2.46. The minimum absolute atomic E-state index is 0.116. The van der Waals surface area contributed by atoms with E-state index in [9.17, 15) is 9.59 Å². The Labute approximate surface area is 120 Å². The minimum atomic E-state index is -1.04. The van der Waals surface area contributed by atoms with E-state index in [0.29, 0.717) is 23.0 Å². The second kappa shape index (κ2) is 7.59. The number of terminal acetylenes is 1. The fourth-order valence-corrected chi connectivity index (χ4v) is 1.92. The van der Waals surface area contributed by atoms with Gasteiger partial charge in [-0.3, -0.25) is 4.79 Å². The zero-order chi connectivity index (χ0) is 14.3. The molecule has 1 amide bonds. The van der Waals surface area contributed by atoms with Gasteiger partial charge in [-0.25, -0.2) is 4.79 Å². The van der Waals surface area contributed by atoms with Crippen LogP contribution in [0.25, 0.3) is 0 Å². The van der Waals surface area contributed by atoms with Crippen molar-refractivity contribution in [3.63, 3.8) is 0 Å². The summed E-state index contributed by atoms with van der Waals surface area (Å²) in [6.07, 6.45) is 7.68. The first kappa shape index (κ1) is 15.3. The van der Waals surface area contributed by atoms with Crippen LogP contribution in [0.2, 0.25) is 0 Å². The van der Waals surface area contributed by atoms with E-state index >= 15 is 0 Å². The highest BCUT2D eigenvalue weighted by atomic mass is 79.9. The number of hydrogen-bond acceptors (Lipinski definition) is 2. The Morgan fingerprint density at radius 2 is 2.11 bits per heavy atom. The monoisotopic (exact) mass is 323 g/mol. The van der Waals surface area contributed by atoms with Gasteiger partial charge >= 0.3 is 5.97 Å². The van der Waals surface area contributed by atoms with E-state index in [2.05, 4.69) is 27.2 Å². The Morgan fingerprint density at radius 1 is 1.37 bits per heavy atom. The molecule has 0 unspecified atom stereocenters. The number of carbonyl (C=O) groups is 2. The van der Waals surface area contributed by atoms with E-state index in [0.717, 1.165) is 12.8 Å². The van der Waals surface area contributed by atoms with Gasteiger partial charge in [0.05, 0.1) is 5.56 Å². The number of aromatic carboxylic acids is 1. The van der Waals surface area contributed by atoms with Crippen molar-refractivity contribution >= 4 is 33.5 Å². The van der Waals surface area contributed by atoms with E-state index in [-0.39, 0.29) is 11.5 Å². The predicted octanol–water partition coefficient (Wildman–Crippen LogP) is 3.28. The maximum Gasteiger partial charge on any atom is 0.336 e. The molecule has 0 saturated carbocycles. The summed E-state index contributed by atoms with van der Waals surface area (Å²) in [4.78, 5) is 22.6. The van der Waals surface area contributed by atoms with E-state index in [1.165, 1.54) is 6.07 Å². The molecule has 0 aliphatic carbocycles. The number of rotatable bonds is 6. The number of anilines is 1. The van der Waals surface area contributed by atoms with Gasteiger partial charge in [-0.15, -0.1) is 12.3 Å². The lowest BCUT2D eigenvalue weighted by molar-refractivity contribution is -0.116. The lowest BCUT2D eigenvalue weighted by atomic mass is 10.1. The lowest BCUT2D eigenvalue weighted by Gasteiger charge is -2.07. The summed E-state index contributed by atoms with van der Waals surface area (Å²) >= 11 is 3.14. The fraction of sp³-hybridized carbons (Fsp3) is 0.286. The average Bonchev–Trinajstić information content (AvgIpc) is 2.36. The van der Waals surface area contributed by atoms with Crippen molar-refractivity contribution in [3.05, 3.63) is 28.2 Å². The van der Waals surface area contributed by atoms with Crippen molar-refractivity contribution in [1.82, 2.24) is 0 Å². The highest BCUT2D eigenvalue weighted by molar-refractivity contribution is 9.10. The molecule has 0 atom stereocenters. The molecule has 5 heteroatoms. The first-order valence-electron chi connectivity index (χ1n) is 5.80. The fourth-order valence-electron chi connectivity index (χ4n) is 1.50. The number of carbonyl (C=O) groups excluding carboxylic acids is 1. The average molecular weight is 324 g/mol. The second-order valence-corrected chi connectivity index (χ2v) is 4.81. The highest BCUT2D eigenvalue weighted by Gasteiger charge is 2.10. The van der Waals surface area contributed by atoms with Crippen molar-refractivity contribution in [1.29, 1.82) is 0 Å². The number of benzene rings is 1. The van der Waals surface area contributed by atoms with Gasteiger partial charge < -0.3 is 10.4 Å². The van der Waals surface area contributed by atoms with Gasteiger partial charge in [-0.05, 0) is 47.0 Å². The molecule has 2 N–H and O–H groups in total. The van der Waals surface area contributed by atoms with E-state index in [1.54, 1.807) is 12.1 Å². The van der Waals surface area contributed by atoms with Crippen molar-refractivity contribution in [2.75, 3.05) is 5.32 Å². The Kier molecular flexibility index (Phi) is 6.10. The summed E-state index contributed by atoms with van der Waals surface area (Å²) in [6.45, 7) is 0. The Morgan fingerprint density at radius 3 is 2.74 bits per heavy atom. The number of carboxylic acid groups (broad SMARTS) is 1. The van der Waals surface area contributed by atoms with Gasteiger partial charge in [-0.2, -0.15) is 0 Å². The van der Waals surface area contributed by atoms with Crippen LogP contribution in [0.1, 0.15) is 36.0 Å². The molecule has 0 radical (unpaired) electrons. The van der Waals surface area contributed by atoms with Crippen molar-refractivity contribution in [3.8, 4) is 12.3 Å². The van der Waals surface area contributed by atoms with Crippen LogP contribution in [-0.4, -0.2) is 17.0 Å². The standard InChI is InChI=1S/C14H14BrNO3/c1-2-3-4-5-6-13(17)16-10-7-8-12(15)11(9-10)14(18)19/h1,7-9H,3-6H2,(H,16,17)(H,18,19). The molecule has 0 spiro atoms. The van der Waals surface area contributed by atoms with E-state index in [1.807, 2.05) is 0 Å². The molecule has 0 aliphatic heterocycles. The van der Waals surface area contributed by atoms with Crippen LogP contribution < -0.4 is 5.32 Å². The van der Waals surface area contributed by atoms with Crippen LogP contribution >= 0.6 is 15.9 Å². The molecule has 0 aliphatic rings. The number of nitrogens with one attached hydrogen (secondary N) is 1. The lowest BCUT2D eigenvalue weighted by Crippen LogP contribution is -2.11. The third-order valence-corrected chi connectivity index (χ3v) is 3.15. The summed E-state index contributed by atoms with van der Waals surface area (Å²) in [7, 11) is 0. The molecular weight excluding hydrogens is 310 g/mol. The van der Waals surface area contributed by atoms with Gasteiger partial charge in [0, 0.05) is 23.0 Å². The summed E-state index contributed by atoms with van der Waals surface area (Å²) < 4.78 is 0.479. The molecule has 0 aromatic heterocycles. The molecule has 1 aromatic carbocycles.